The van der Waals surface area contributed by atoms with Gasteiger partial charge in [-0.05, 0) is 86.6 Å². The van der Waals surface area contributed by atoms with Gasteiger partial charge in [0.15, 0.2) is 17.5 Å². The summed E-state index contributed by atoms with van der Waals surface area (Å²) in [6.45, 7) is 4.79. The minimum atomic E-state index is -0.353. The summed E-state index contributed by atoms with van der Waals surface area (Å²) in [5.74, 6) is 1.89. The molecule has 0 aliphatic carbocycles. The maximum absolute atomic E-state index is 5.15. The van der Waals surface area contributed by atoms with Gasteiger partial charge in [-0.3, -0.25) is 0 Å². The number of rotatable bonds is 5. The van der Waals surface area contributed by atoms with E-state index in [2.05, 4.69) is 199 Å². The monoisotopic (exact) mass is 831 g/mol. The molecule has 12 aromatic rings. The van der Waals surface area contributed by atoms with Crippen molar-refractivity contribution in [3.63, 3.8) is 0 Å². The van der Waals surface area contributed by atoms with Crippen molar-refractivity contribution in [1.82, 2.24) is 19.5 Å². The average molecular weight is 832 g/mol. The molecule has 5 nitrogen and oxygen atoms in total. The van der Waals surface area contributed by atoms with Gasteiger partial charge < -0.3 is 9.47 Å². The third kappa shape index (κ3) is 5.75. The molecule has 3 heterocycles. The van der Waals surface area contributed by atoms with Crippen LogP contribution in [0.1, 0.15) is 25.0 Å². The van der Waals surface area contributed by atoms with E-state index in [0.717, 1.165) is 45.0 Å². The van der Waals surface area contributed by atoms with Crippen molar-refractivity contribution >= 4 is 71.2 Å². The molecule has 0 radical (unpaired) electrons. The van der Waals surface area contributed by atoms with Gasteiger partial charge in [0.2, 0.25) is 0 Å². The molecule has 1 aliphatic rings. The van der Waals surface area contributed by atoms with Crippen LogP contribution in [0.15, 0.2) is 212 Å². The lowest BCUT2D eigenvalue weighted by atomic mass is 9.72. The molecule has 0 atom stereocenters. The summed E-state index contributed by atoms with van der Waals surface area (Å²) in [7, 11) is 0. The molecule has 10 aromatic carbocycles. The summed E-state index contributed by atoms with van der Waals surface area (Å²) in [6, 6.07) is 76.2. The fourth-order valence-corrected chi connectivity index (χ4v) is 10.4. The molecule has 13 rings (SSSR count). The van der Waals surface area contributed by atoms with Gasteiger partial charge in [-0.1, -0.05) is 178 Å². The van der Waals surface area contributed by atoms with E-state index in [0.29, 0.717) is 17.5 Å². The maximum Gasteiger partial charge on any atom is 0.164 e. The van der Waals surface area contributed by atoms with Crippen LogP contribution in [0.25, 0.3) is 94.0 Å². The second-order valence-electron chi connectivity index (χ2n) is 17.6. The van der Waals surface area contributed by atoms with Crippen LogP contribution < -0.4 is 4.90 Å². The summed E-state index contributed by atoms with van der Waals surface area (Å²) in [6.07, 6.45) is 0. The fraction of sp³-hybridized carbons (Fsp3) is 0.0500. The molecule has 0 saturated heterocycles. The van der Waals surface area contributed by atoms with E-state index >= 15 is 0 Å². The highest BCUT2D eigenvalue weighted by Gasteiger charge is 2.39. The zero-order chi connectivity index (χ0) is 43.2. The predicted octanol–water partition coefficient (Wildman–Crippen LogP) is 15.5. The minimum Gasteiger partial charge on any atom is -0.310 e. The molecule has 306 valence electrons. The number of hydrogen-bond donors (Lipinski definition) is 0. The molecular formula is C60H41N5. The summed E-state index contributed by atoms with van der Waals surface area (Å²) >= 11 is 0. The summed E-state index contributed by atoms with van der Waals surface area (Å²) in [5.41, 5.74) is 11.8. The molecule has 0 spiro atoms. The second kappa shape index (κ2) is 14.3. The van der Waals surface area contributed by atoms with Gasteiger partial charge in [0.1, 0.15) is 0 Å². The van der Waals surface area contributed by atoms with Gasteiger partial charge in [0.05, 0.1) is 22.4 Å². The van der Waals surface area contributed by atoms with Crippen LogP contribution in [0.3, 0.4) is 0 Å². The van der Waals surface area contributed by atoms with Crippen molar-refractivity contribution in [2.24, 2.45) is 0 Å². The highest BCUT2D eigenvalue weighted by atomic mass is 15.2. The fourth-order valence-electron chi connectivity index (χ4n) is 10.4. The van der Waals surface area contributed by atoms with Crippen LogP contribution in [0.4, 0.5) is 17.1 Å². The van der Waals surface area contributed by atoms with Crippen LogP contribution >= 0.6 is 0 Å². The zero-order valence-corrected chi connectivity index (χ0v) is 35.9. The first-order valence-electron chi connectivity index (χ1n) is 22.3. The molecule has 1 aliphatic heterocycles. The van der Waals surface area contributed by atoms with Crippen LogP contribution in [-0.4, -0.2) is 19.5 Å². The number of hydrogen-bond acceptors (Lipinski definition) is 4. The van der Waals surface area contributed by atoms with E-state index in [-0.39, 0.29) is 5.41 Å². The highest BCUT2D eigenvalue weighted by Crippen LogP contribution is 2.55. The topological polar surface area (TPSA) is 46.8 Å². The molecule has 0 saturated carbocycles. The number of para-hydroxylation sites is 1. The number of nitrogens with zero attached hydrogens (tertiary/aromatic N) is 5. The van der Waals surface area contributed by atoms with Crippen LogP contribution in [0.5, 0.6) is 0 Å². The van der Waals surface area contributed by atoms with Gasteiger partial charge in [-0.15, -0.1) is 0 Å². The van der Waals surface area contributed by atoms with E-state index in [4.69, 9.17) is 15.0 Å². The first-order chi connectivity index (χ1) is 32.0. The molecule has 0 bridgehead atoms. The van der Waals surface area contributed by atoms with Crippen LogP contribution in [0.2, 0.25) is 0 Å². The molecule has 65 heavy (non-hydrogen) atoms. The third-order valence-electron chi connectivity index (χ3n) is 13.5. The number of anilines is 3. The average Bonchev–Trinajstić information content (AvgIpc) is 3.71. The van der Waals surface area contributed by atoms with Crippen molar-refractivity contribution in [2.45, 2.75) is 19.3 Å². The van der Waals surface area contributed by atoms with E-state index in [1.54, 1.807) is 0 Å². The number of benzene rings is 10. The smallest absolute Gasteiger partial charge is 0.164 e. The van der Waals surface area contributed by atoms with E-state index in [1.165, 1.54) is 59.7 Å². The Bertz CT molecular complexity index is 3800. The Morgan fingerprint density at radius 3 is 1.51 bits per heavy atom. The molecular weight excluding hydrogens is 791 g/mol. The molecule has 0 fully saturated rings. The van der Waals surface area contributed by atoms with Gasteiger partial charge in [-0.2, -0.15) is 0 Å². The Morgan fingerprint density at radius 1 is 0.369 bits per heavy atom. The van der Waals surface area contributed by atoms with E-state index in [9.17, 15) is 0 Å². The van der Waals surface area contributed by atoms with Crippen LogP contribution in [-0.2, 0) is 5.41 Å². The largest absolute Gasteiger partial charge is 0.310 e. The molecule has 0 amide bonds. The van der Waals surface area contributed by atoms with Crippen molar-refractivity contribution in [2.75, 3.05) is 4.90 Å². The quantitative estimate of drug-likeness (QED) is 0.162. The van der Waals surface area contributed by atoms with Crippen LogP contribution in [0, 0.1) is 0 Å². The van der Waals surface area contributed by atoms with Gasteiger partial charge >= 0.3 is 0 Å². The van der Waals surface area contributed by atoms with Crippen molar-refractivity contribution in [3.05, 3.63) is 223 Å². The highest BCUT2D eigenvalue weighted by molar-refractivity contribution is 6.32. The minimum absolute atomic E-state index is 0.353. The number of aromatic nitrogens is 4. The summed E-state index contributed by atoms with van der Waals surface area (Å²) in [5, 5.41) is 9.94. The zero-order valence-electron chi connectivity index (χ0n) is 35.9. The standard InChI is InChI=1S/C60H41N5/c1-60(2)50-34-40-23-12-13-24-41(40)35-53(50)64(44-28-18-25-42(33-44)59-62-57(38-19-6-3-7-20-38)61-58(63-59)39-21-8-4-9-22-39)54-37-52-49(36-51(54)60)55-47-31-16-14-29-45(47)46-30-15-17-32-48(46)56(55)65(52)43-26-10-5-11-27-43/h3-37H,1-2H3. The summed E-state index contributed by atoms with van der Waals surface area (Å²) < 4.78 is 2.50. The van der Waals surface area contributed by atoms with E-state index in [1.807, 2.05) is 36.4 Å². The molecule has 0 unspecified atom stereocenters. The predicted molar refractivity (Wildman–Crippen MR) is 270 cm³/mol. The Labute approximate surface area is 376 Å². The van der Waals surface area contributed by atoms with Crippen molar-refractivity contribution in [3.8, 4) is 39.9 Å². The number of fused-ring (bicyclic) bond motifs is 11. The first kappa shape index (κ1) is 37.2. The van der Waals surface area contributed by atoms with Gasteiger partial charge in [-0.25, -0.2) is 15.0 Å². The lowest BCUT2D eigenvalue weighted by Gasteiger charge is -2.42. The van der Waals surface area contributed by atoms with Gasteiger partial charge in [0, 0.05) is 49.6 Å². The second-order valence-corrected chi connectivity index (χ2v) is 17.6. The Morgan fingerprint density at radius 2 is 0.846 bits per heavy atom. The SMILES string of the molecule is CC1(C)c2cc3ccccc3cc2N(c2cccc(-c3nc(-c4ccccc4)nc(-c4ccccc4)n3)c2)c2cc3c(cc21)c1c2ccccc2c2ccccc2c1n3-c1ccccc1. The Kier molecular flexibility index (Phi) is 8.18. The van der Waals surface area contributed by atoms with Crippen molar-refractivity contribution in [1.29, 1.82) is 0 Å². The molecule has 2 aromatic heterocycles. The Balaban J connectivity index is 1.12. The Hall–Kier alpha value is -8.41. The first-order valence-corrected chi connectivity index (χ1v) is 22.3. The van der Waals surface area contributed by atoms with Crippen molar-refractivity contribution < 1.29 is 0 Å². The maximum atomic E-state index is 5.15. The summed E-state index contributed by atoms with van der Waals surface area (Å²) in [4.78, 5) is 17.8. The molecule has 0 N–H and O–H groups in total. The normalized spacial score (nSPS) is 13.2. The molecule has 5 heteroatoms. The van der Waals surface area contributed by atoms with Gasteiger partial charge in [0.25, 0.3) is 0 Å². The lowest BCUT2D eigenvalue weighted by molar-refractivity contribution is 0.634. The van der Waals surface area contributed by atoms with E-state index < -0.39 is 0 Å². The lowest BCUT2D eigenvalue weighted by Crippen LogP contribution is -2.30. The third-order valence-corrected chi connectivity index (χ3v) is 13.5.